The minimum absolute atomic E-state index is 0.117. The summed E-state index contributed by atoms with van der Waals surface area (Å²) >= 11 is 4.84. The lowest BCUT2D eigenvalue weighted by Crippen LogP contribution is -2.37. The highest BCUT2D eigenvalue weighted by atomic mass is 79.9. The number of ether oxygens (including phenoxy) is 1. The lowest BCUT2D eigenvalue weighted by atomic mass is 10.2. The van der Waals surface area contributed by atoms with Crippen LogP contribution in [-0.2, 0) is 16.0 Å². The third-order valence-electron chi connectivity index (χ3n) is 2.20. The Hall–Kier alpha value is -1.08. The molecule has 0 atom stereocenters. The van der Waals surface area contributed by atoms with Crippen LogP contribution < -0.4 is 10.6 Å². The van der Waals surface area contributed by atoms with Crippen molar-refractivity contribution in [3.63, 3.8) is 0 Å². The van der Waals surface area contributed by atoms with Crippen molar-refractivity contribution >= 4 is 44.3 Å². The number of halogens is 1. The van der Waals surface area contributed by atoms with Gasteiger partial charge in [-0.15, -0.1) is 11.3 Å². The van der Waals surface area contributed by atoms with E-state index in [1.54, 1.807) is 20.8 Å². The molecule has 0 bridgehead atoms. The summed E-state index contributed by atoms with van der Waals surface area (Å²) < 4.78 is 6.02. The molecule has 0 saturated carbocycles. The lowest BCUT2D eigenvalue weighted by molar-refractivity contribution is -0.115. The molecule has 1 rings (SSSR count). The van der Waals surface area contributed by atoms with Gasteiger partial charge in [0, 0.05) is 0 Å². The molecule has 0 aliphatic rings. The number of carbonyl (C=O) groups excluding carboxylic acids is 2. The Bertz CT molecular complexity index is 494. The molecule has 0 unspecified atom stereocenters. The molecule has 1 aromatic rings. The Morgan fingerprint density at radius 2 is 2.05 bits per heavy atom. The highest BCUT2D eigenvalue weighted by molar-refractivity contribution is 9.11. The van der Waals surface area contributed by atoms with Crippen LogP contribution in [-0.4, -0.2) is 24.1 Å². The van der Waals surface area contributed by atoms with Crippen LogP contribution in [0.2, 0.25) is 0 Å². The largest absolute Gasteiger partial charge is 0.444 e. The quantitative estimate of drug-likeness (QED) is 0.860. The summed E-state index contributed by atoms with van der Waals surface area (Å²) in [5.41, 5.74) is 0.488. The van der Waals surface area contributed by atoms with E-state index in [2.05, 4.69) is 26.6 Å². The molecule has 0 aliphatic heterocycles. The summed E-state index contributed by atoms with van der Waals surface area (Å²) in [5, 5.41) is 6.00. The topological polar surface area (TPSA) is 67.4 Å². The monoisotopic (exact) mass is 362 g/mol. The number of thiophene rings is 1. The summed E-state index contributed by atoms with van der Waals surface area (Å²) in [6.45, 7) is 7.20. The predicted octanol–water partition coefficient (Wildman–Crippen LogP) is 3.54. The molecule has 7 heteroatoms. The van der Waals surface area contributed by atoms with Crippen LogP contribution in [0.15, 0.2) is 9.85 Å². The van der Waals surface area contributed by atoms with Crippen molar-refractivity contribution in [3.8, 4) is 0 Å². The predicted molar refractivity (Wildman–Crippen MR) is 84.3 cm³/mol. The molecule has 2 N–H and O–H groups in total. The lowest BCUT2D eigenvalue weighted by Gasteiger charge is -2.19. The summed E-state index contributed by atoms with van der Waals surface area (Å²) in [7, 11) is 0. The number of alkyl carbamates (subject to hydrolysis) is 1. The van der Waals surface area contributed by atoms with Gasteiger partial charge in [-0.1, -0.05) is 6.92 Å². The molecule has 0 fully saturated rings. The van der Waals surface area contributed by atoms with Gasteiger partial charge in [-0.25, -0.2) is 4.79 Å². The first-order valence-electron chi connectivity index (χ1n) is 6.26. The van der Waals surface area contributed by atoms with Gasteiger partial charge >= 0.3 is 6.09 Å². The number of hydrogen-bond donors (Lipinski definition) is 2. The van der Waals surface area contributed by atoms with E-state index in [9.17, 15) is 9.59 Å². The van der Waals surface area contributed by atoms with Crippen LogP contribution in [0, 0.1) is 0 Å². The minimum Gasteiger partial charge on any atom is -0.444 e. The average molecular weight is 363 g/mol. The number of nitrogens with one attached hydrogen (secondary N) is 2. The highest BCUT2D eigenvalue weighted by Gasteiger charge is 2.17. The number of hydrogen-bond acceptors (Lipinski definition) is 4. The Balaban J connectivity index is 2.46. The van der Waals surface area contributed by atoms with Gasteiger partial charge in [0.1, 0.15) is 12.1 Å². The molecule has 0 radical (unpaired) electrons. The van der Waals surface area contributed by atoms with Crippen molar-refractivity contribution in [2.45, 2.75) is 39.7 Å². The zero-order valence-corrected chi connectivity index (χ0v) is 14.4. The van der Waals surface area contributed by atoms with Gasteiger partial charge in [0.25, 0.3) is 0 Å². The Morgan fingerprint density at radius 1 is 1.40 bits per heavy atom. The van der Waals surface area contributed by atoms with Crippen LogP contribution >= 0.6 is 27.3 Å². The number of rotatable bonds is 4. The van der Waals surface area contributed by atoms with E-state index in [1.165, 1.54) is 11.3 Å². The standard InChI is InChI=1S/C13H19BrN2O3S/c1-5-8-6-9(14)20-11(8)16-10(17)7-15-12(18)19-13(2,3)4/h6H,5,7H2,1-4H3,(H,15,18)(H,16,17). The number of amides is 2. The molecule has 0 aliphatic carbocycles. The Kier molecular flexibility index (Phi) is 6.01. The van der Waals surface area contributed by atoms with Crippen molar-refractivity contribution in [2.24, 2.45) is 0 Å². The zero-order chi connectivity index (χ0) is 15.3. The number of carbonyl (C=O) groups is 2. The Labute approximate surface area is 131 Å². The van der Waals surface area contributed by atoms with E-state index in [0.29, 0.717) is 0 Å². The second-order valence-electron chi connectivity index (χ2n) is 5.16. The molecule has 2 amide bonds. The summed E-state index contributed by atoms with van der Waals surface area (Å²) in [4.78, 5) is 23.2. The van der Waals surface area contributed by atoms with Gasteiger partial charge in [-0.3, -0.25) is 4.79 Å². The van der Waals surface area contributed by atoms with Crippen LogP contribution in [0.3, 0.4) is 0 Å². The van der Waals surface area contributed by atoms with E-state index < -0.39 is 11.7 Å². The fourth-order valence-corrected chi connectivity index (χ4v) is 3.06. The van der Waals surface area contributed by atoms with Gasteiger partial charge in [-0.05, 0) is 54.8 Å². The van der Waals surface area contributed by atoms with E-state index >= 15 is 0 Å². The normalized spacial score (nSPS) is 11.1. The van der Waals surface area contributed by atoms with Gasteiger partial charge in [0.2, 0.25) is 5.91 Å². The minimum atomic E-state index is -0.601. The van der Waals surface area contributed by atoms with Crippen LogP contribution in [0.4, 0.5) is 9.80 Å². The molecule has 1 heterocycles. The SMILES string of the molecule is CCc1cc(Br)sc1NC(=O)CNC(=O)OC(C)(C)C. The van der Waals surface area contributed by atoms with Crippen molar-refractivity contribution in [3.05, 3.63) is 15.4 Å². The molecule has 0 aromatic carbocycles. The van der Waals surface area contributed by atoms with E-state index in [-0.39, 0.29) is 12.5 Å². The zero-order valence-electron chi connectivity index (χ0n) is 12.0. The third kappa shape index (κ3) is 5.92. The first-order valence-corrected chi connectivity index (χ1v) is 7.87. The van der Waals surface area contributed by atoms with Gasteiger partial charge in [0.15, 0.2) is 0 Å². The van der Waals surface area contributed by atoms with Gasteiger partial charge < -0.3 is 15.4 Å². The second-order valence-corrected chi connectivity index (χ2v) is 7.59. The van der Waals surface area contributed by atoms with Crippen molar-refractivity contribution < 1.29 is 14.3 Å². The second kappa shape index (κ2) is 7.08. The molecule has 5 nitrogen and oxygen atoms in total. The van der Waals surface area contributed by atoms with Crippen LogP contribution in [0.25, 0.3) is 0 Å². The van der Waals surface area contributed by atoms with Crippen LogP contribution in [0.1, 0.15) is 33.3 Å². The van der Waals surface area contributed by atoms with E-state index in [1.807, 2.05) is 13.0 Å². The smallest absolute Gasteiger partial charge is 0.408 e. The highest BCUT2D eigenvalue weighted by Crippen LogP contribution is 2.32. The molecule has 0 saturated heterocycles. The Morgan fingerprint density at radius 3 is 2.60 bits per heavy atom. The summed E-state index contributed by atoms with van der Waals surface area (Å²) in [6, 6.07) is 1.97. The maximum absolute atomic E-state index is 11.8. The molecule has 112 valence electrons. The summed E-state index contributed by atoms with van der Waals surface area (Å²) in [5.74, 6) is -0.278. The van der Waals surface area contributed by atoms with E-state index in [0.717, 1.165) is 20.8 Å². The van der Waals surface area contributed by atoms with Gasteiger partial charge in [-0.2, -0.15) is 0 Å². The molecule has 0 spiro atoms. The fraction of sp³-hybridized carbons (Fsp3) is 0.538. The number of aryl methyl sites for hydroxylation is 1. The molecule has 1 aromatic heterocycles. The summed E-state index contributed by atoms with van der Waals surface area (Å²) in [6.07, 6.45) is 0.229. The first kappa shape index (κ1) is 17.0. The van der Waals surface area contributed by atoms with E-state index in [4.69, 9.17) is 4.74 Å². The first-order chi connectivity index (χ1) is 9.21. The number of anilines is 1. The van der Waals surface area contributed by atoms with Crippen molar-refractivity contribution in [2.75, 3.05) is 11.9 Å². The molecular formula is C13H19BrN2O3S. The average Bonchev–Trinajstić information content (AvgIpc) is 2.64. The molecular weight excluding hydrogens is 344 g/mol. The maximum atomic E-state index is 11.8. The maximum Gasteiger partial charge on any atom is 0.408 e. The fourth-order valence-electron chi connectivity index (χ4n) is 1.40. The van der Waals surface area contributed by atoms with Crippen molar-refractivity contribution in [1.82, 2.24) is 5.32 Å². The van der Waals surface area contributed by atoms with Gasteiger partial charge in [0.05, 0.1) is 8.79 Å². The van der Waals surface area contributed by atoms with Crippen molar-refractivity contribution in [1.29, 1.82) is 0 Å². The third-order valence-corrected chi connectivity index (χ3v) is 3.80. The molecule has 20 heavy (non-hydrogen) atoms. The van der Waals surface area contributed by atoms with Crippen LogP contribution in [0.5, 0.6) is 0 Å².